The van der Waals surface area contributed by atoms with Gasteiger partial charge in [-0.2, -0.15) is 0 Å². The molecule has 0 atom stereocenters. The first kappa shape index (κ1) is 16.2. The SMILES string of the molecule is CC(C)NC(=O)c1cc(Cl)cc(-c2ccc3nc(N)ncc3c2)c1. The molecule has 0 radical (unpaired) electrons. The Bertz CT molecular complexity index is 924. The first-order valence-electron chi connectivity index (χ1n) is 7.56. The van der Waals surface area contributed by atoms with Crippen LogP contribution in [-0.2, 0) is 0 Å². The molecule has 2 aromatic carbocycles. The van der Waals surface area contributed by atoms with Gasteiger partial charge in [-0.3, -0.25) is 4.79 Å². The molecule has 0 aliphatic rings. The van der Waals surface area contributed by atoms with Gasteiger partial charge in [0.25, 0.3) is 5.91 Å². The smallest absolute Gasteiger partial charge is 0.251 e. The summed E-state index contributed by atoms with van der Waals surface area (Å²) in [5.41, 5.74) is 8.68. The van der Waals surface area contributed by atoms with E-state index < -0.39 is 0 Å². The molecule has 0 spiro atoms. The lowest BCUT2D eigenvalue weighted by molar-refractivity contribution is 0.0943. The van der Waals surface area contributed by atoms with Crippen molar-refractivity contribution in [3.05, 3.63) is 53.2 Å². The van der Waals surface area contributed by atoms with Gasteiger partial charge in [-0.25, -0.2) is 9.97 Å². The molecular formula is C18H17ClN4O. The molecular weight excluding hydrogens is 324 g/mol. The Balaban J connectivity index is 2.04. The number of nitrogens with one attached hydrogen (secondary N) is 1. The summed E-state index contributed by atoms with van der Waals surface area (Å²) in [6, 6.07) is 11.1. The summed E-state index contributed by atoms with van der Waals surface area (Å²) in [5.74, 6) is 0.0938. The van der Waals surface area contributed by atoms with Gasteiger partial charge in [0.1, 0.15) is 0 Å². The van der Waals surface area contributed by atoms with Crippen LogP contribution in [0, 0.1) is 0 Å². The van der Waals surface area contributed by atoms with Gasteiger partial charge in [-0.1, -0.05) is 17.7 Å². The molecule has 0 saturated carbocycles. The number of nitrogens with zero attached hydrogens (tertiary/aromatic N) is 2. The second-order valence-corrected chi connectivity index (χ2v) is 6.29. The molecule has 3 rings (SSSR count). The molecule has 0 unspecified atom stereocenters. The molecule has 3 N–H and O–H groups in total. The highest BCUT2D eigenvalue weighted by molar-refractivity contribution is 6.31. The summed E-state index contributed by atoms with van der Waals surface area (Å²) < 4.78 is 0. The molecule has 24 heavy (non-hydrogen) atoms. The molecule has 0 saturated heterocycles. The quantitative estimate of drug-likeness (QED) is 0.762. The minimum absolute atomic E-state index is 0.0585. The molecule has 1 aromatic heterocycles. The largest absolute Gasteiger partial charge is 0.368 e. The lowest BCUT2D eigenvalue weighted by Crippen LogP contribution is -2.30. The number of nitrogen functional groups attached to an aromatic ring is 1. The molecule has 0 fully saturated rings. The van der Waals surface area contributed by atoms with Gasteiger partial charge in [0.15, 0.2) is 0 Å². The van der Waals surface area contributed by atoms with Crippen LogP contribution in [-0.4, -0.2) is 21.9 Å². The summed E-state index contributed by atoms with van der Waals surface area (Å²) in [6.07, 6.45) is 1.68. The van der Waals surface area contributed by atoms with Gasteiger partial charge < -0.3 is 11.1 Å². The van der Waals surface area contributed by atoms with E-state index in [0.717, 1.165) is 22.0 Å². The van der Waals surface area contributed by atoms with E-state index in [1.165, 1.54) is 0 Å². The maximum absolute atomic E-state index is 12.2. The summed E-state index contributed by atoms with van der Waals surface area (Å²) >= 11 is 6.20. The van der Waals surface area contributed by atoms with Crippen LogP contribution in [0.4, 0.5) is 5.95 Å². The van der Waals surface area contributed by atoms with Crippen LogP contribution in [0.25, 0.3) is 22.0 Å². The van der Waals surface area contributed by atoms with Crippen molar-refractivity contribution < 1.29 is 4.79 Å². The fourth-order valence-electron chi connectivity index (χ4n) is 2.46. The van der Waals surface area contributed by atoms with Gasteiger partial charge in [-0.05, 0) is 55.3 Å². The standard InChI is InChI=1S/C18H17ClN4O/c1-10(2)22-17(24)13-6-12(7-15(19)8-13)11-3-4-16-14(5-11)9-21-18(20)23-16/h3-10H,1-2H3,(H,22,24)(H2,20,21,23). The Labute approximate surface area is 144 Å². The van der Waals surface area contributed by atoms with E-state index in [4.69, 9.17) is 17.3 Å². The predicted molar refractivity (Wildman–Crippen MR) is 97.0 cm³/mol. The summed E-state index contributed by atoms with van der Waals surface area (Å²) in [7, 11) is 0. The number of hydrogen-bond acceptors (Lipinski definition) is 4. The monoisotopic (exact) mass is 340 g/mol. The molecule has 5 nitrogen and oxygen atoms in total. The van der Waals surface area contributed by atoms with Crippen LogP contribution in [0.2, 0.25) is 5.02 Å². The number of carbonyl (C=O) groups excluding carboxylic acids is 1. The fourth-order valence-corrected chi connectivity index (χ4v) is 2.70. The molecule has 0 aliphatic carbocycles. The van der Waals surface area contributed by atoms with Crippen LogP contribution in [0.1, 0.15) is 24.2 Å². The van der Waals surface area contributed by atoms with E-state index >= 15 is 0 Å². The van der Waals surface area contributed by atoms with Crippen molar-refractivity contribution in [3.8, 4) is 11.1 Å². The first-order chi connectivity index (χ1) is 11.4. The van der Waals surface area contributed by atoms with E-state index in [2.05, 4.69) is 15.3 Å². The number of fused-ring (bicyclic) bond motifs is 1. The number of benzene rings is 2. The number of hydrogen-bond donors (Lipinski definition) is 2. The molecule has 0 aliphatic heterocycles. The summed E-state index contributed by atoms with van der Waals surface area (Å²) in [6.45, 7) is 3.83. The Hall–Kier alpha value is -2.66. The second kappa shape index (κ2) is 6.45. The minimum Gasteiger partial charge on any atom is -0.368 e. The minimum atomic E-state index is -0.148. The van der Waals surface area contributed by atoms with Crippen molar-refractivity contribution in [1.29, 1.82) is 0 Å². The van der Waals surface area contributed by atoms with Gasteiger partial charge in [0.05, 0.1) is 5.52 Å². The number of anilines is 1. The number of aromatic nitrogens is 2. The van der Waals surface area contributed by atoms with Crippen molar-refractivity contribution in [2.45, 2.75) is 19.9 Å². The maximum atomic E-state index is 12.2. The molecule has 0 bridgehead atoms. The second-order valence-electron chi connectivity index (χ2n) is 5.86. The molecule has 6 heteroatoms. The van der Waals surface area contributed by atoms with Crippen molar-refractivity contribution in [3.63, 3.8) is 0 Å². The van der Waals surface area contributed by atoms with Gasteiger partial charge in [-0.15, -0.1) is 0 Å². The lowest BCUT2D eigenvalue weighted by atomic mass is 10.0. The molecule has 3 aromatic rings. The highest BCUT2D eigenvalue weighted by atomic mass is 35.5. The van der Waals surface area contributed by atoms with Crippen LogP contribution in [0.3, 0.4) is 0 Å². The maximum Gasteiger partial charge on any atom is 0.251 e. The van der Waals surface area contributed by atoms with Crippen LogP contribution in [0.5, 0.6) is 0 Å². The topological polar surface area (TPSA) is 80.9 Å². The molecule has 1 amide bonds. The predicted octanol–water partition coefficient (Wildman–Crippen LogP) is 3.67. The Morgan fingerprint density at radius 1 is 1.17 bits per heavy atom. The van der Waals surface area contributed by atoms with Gasteiger partial charge >= 0.3 is 0 Å². The van der Waals surface area contributed by atoms with E-state index in [9.17, 15) is 4.79 Å². The third-order valence-electron chi connectivity index (χ3n) is 3.51. The number of nitrogens with two attached hydrogens (primary N) is 1. The van der Waals surface area contributed by atoms with Crippen molar-refractivity contribution >= 4 is 34.4 Å². The number of amides is 1. The summed E-state index contributed by atoms with van der Waals surface area (Å²) in [4.78, 5) is 20.4. The lowest BCUT2D eigenvalue weighted by Gasteiger charge is -2.11. The Morgan fingerprint density at radius 2 is 1.96 bits per heavy atom. The van der Waals surface area contributed by atoms with E-state index in [1.54, 1.807) is 12.3 Å². The highest BCUT2D eigenvalue weighted by Crippen LogP contribution is 2.27. The number of rotatable bonds is 3. The molecule has 122 valence electrons. The van der Waals surface area contributed by atoms with Crippen LogP contribution < -0.4 is 11.1 Å². The average Bonchev–Trinajstić information content (AvgIpc) is 2.53. The Morgan fingerprint density at radius 3 is 2.71 bits per heavy atom. The zero-order valence-electron chi connectivity index (χ0n) is 13.4. The Kier molecular flexibility index (Phi) is 4.36. The van der Waals surface area contributed by atoms with Crippen LogP contribution >= 0.6 is 11.6 Å². The van der Waals surface area contributed by atoms with Crippen molar-refractivity contribution in [1.82, 2.24) is 15.3 Å². The summed E-state index contributed by atoms with van der Waals surface area (Å²) in [5, 5.41) is 4.25. The zero-order valence-corrected chi connectivity index (χ0v) is 14.1. The molecule has 1 heterocycles. The third kappa shape index (κ3) is 3.46. The first-order valence-corrected chi connectivity index (χ1v) is 7.94. The van der Waals surface area contributed by atoms with E-state index in [-0.39, 0.29) is 17.9 Å². The fraction of sp³-hybridized carbons (Fsp3) is 0.167. The number of carbonyl (C=O) groups is 1. The van der Waals surface area contributed by atoms with Gasteiger partial charge in [0, 0.05) is 28.2 Å². The zero-order chi connectivity index (χ0) is 17.3. The normalized spacial score (nSPS) is 11.0. The highest BCUT2D eigenvalue weighted by Gasteiger charge is 2.11. The van der Waals surface area contributed by atoms with E-state index in [0.29, 0.717) is 10.6 Å². The van der Waals surface area contributed by atoms with Gasteiger partial charge in [0.2, 0.25) is 5.95 Å². The average molecular weight is 341 g/mol. The van der Waals surface area contributed by atoms with E-state index in [1.807, 2.05) is 44.2 Å². The third-order valence-corrected chi connectivity index (χ3v) is 3.73. The van der Waals surface area contributed by atoms with Crippen molar-refractivity contribution in [2.24, 2.45) is 0 Å². The van der Waals surface area contributed by atoms with Crippen LogP contribution in [0.15, 0.2) is 42.6 Å². The van der Waals surface area contributed by atoms with Crippen molar-refractivity contribution in [2.75, 3.05) is 5.73 Å². The number of halogens is 1.